The van der Waals surface area contributed by atoms with E-state index in [-0.39, 0.29) is 6.04 Å². The van der Waals surface area contributed by atoms with E-state index in [1.165, 1.54) is 0 Å². The number of para-hydroxylation sites is 1. The number of rotatable bonds is 3. The summed E-state index contributed by atoms with van der Waals surface area (Å²) in [5.41, 5.74) is 2.05. The molecule has 1 aromatic heterocycles. The lowest BCUT2D eigenvalue weighted by Crippen LogP contribution is -2.50. The highest BCUT2D eigenvalue weighted by Crippen LogP contribution is 2.11. The minimum Gasteiger partial charge on any atom is -0.313 e. The number of piperazine rings is 1. The first-order chi connectivity index (χ1) is 9.86. The molecule has 3 rings (SSSR count). The second-order valence-electron chi connectivity index (χ2n) is 4.91. The summed E-state index contributed by atoms with van der Waals surface area (Å²) in [5.74, 6) is 0. The summed E-state index contributed by atoms with van der Waals surface area (Å²) in [6.45, 7) is 3.27. The van der Waals surface area contributed by atoms with Crippen molar-refractivity contribution in [2.75, 3.05) is 19.6 Å². The monoisotopic (exact) mass is 267 g/mol. The number of aromatic nitrogens is 2. The molecule has 1 aliphatic rings. The van der Waals surface area contributed by atoms with Crippen molar-refractivity contribution in [3.05, 3.63) is 48.3 Å². The Labute approximate surface area is 118 Å². The van der Waals surface area contributed by atoms with Gasteiger partial charge < -0.3 is 5.32 Å². The zero-order chi connectivity index (χ0) is 13.8. The second kappa shape index (κ2) is 5.87. The molecular formula is C15H17N5. The molecule has 1 atom stereocenters. The van der Waals surface area contributed by atoms with Crippen LogP contribution >= 0.6 is 0 Å². The third-order valence-corrected chi connectivity index (χ3v) is 3.53. The van der Waals surface area contributed by atoms with E-state index >= 15 is 0 Å². The maximum atomic E-state index is 9.17. The molecule has 0 spiro atoms. The Morgan fingerprint density at radius 3 is 2.95 bits per heavy atom. The number of nitrogens with one attached hydrogen (secondary N) is 1. The van der Waals surface area contributed by atoms with Crippen molar-refractivity contribution in [3.63, 3.8) is 0 Å². The van der Waals surface area contributed by atoms with Crippen LogP contribution in [0.4, 0.5) is 0 Å². The number of hydrogen-bond acceptors (Lipinski definition) is 4. The van der Waals surface area contributed by atoms with Crippen LogP contribution in [0.3, 0.4) is 0 Å². The normalized spacial score (nSPS) is 19.6. The molecular weight excluding hydrogens is 250 g/mol. The molecule has 2 heterocycles. The third kappa shape index (κ3) is 2.72. The van der Waals surface area contributed by atoms with Gasteiger partial charge >= 0.3 is 0 Å². The standard InChI is InChI=1S/C15H17N5/c16-10-15-11-17-7-9-19(15)12-13-6-8-20(18-13)14-4-2-1-3-5-14/h1-6,8,15,17H,7,9,11-12H2. The predicted molar refractivity (Wildman–Crippen MR) is 76.2 cm³/mol. The summed E-state index contributed by atoms with van der Waals surface area (Å²) < 4.78 is 1.87. The van der Waals surface area contributed by atoms with Gasteiger partial charge in [-0.05, 0) is 18.2 Å². The molecule has 0 saturated carbocycles. The molecule has 1 N–H and O–H groups in total. The molecule has 1 aromatic carbocycles. The molecule has 1 unspecified atom stereocenters. The van der Waals surface area contributed by atoms with Crippen LogP contribution in [0.2, 0.25) is 0 Å². The zero-order valence-corrected chi connectivity index (χ0v) is 11.2. The molecule has 1 fully saturated rings. The molecule has 5 nitrogen and oxygen atoms in total. The van der Waals surface area contributed by atoms with Gasteiger partial charge in [-0.2, -0.15) is 10.4 Å². The first kappa shape index (κ1) is 12.9. The highest BCUT2D eigenvalue weighted by molar-refractivity contribution is 5.30. The van der Waals surface area contributed by atoms with Crippen LogP contribution in [0.15, 0.2) is 42.6 Å². The van der Waals surface area contributed by atoms with Crippen molar-refractivity contribution in [1.82, 2.24) is 20.0 Å². The topological polar surface area (TPSA) is 56.9 Å². The Morgan fingerprint density at radius 1 is 1.30 bits per heavy atom. The molecule has 2 aromatic rings. The van der Waals surface area contributed by atoms with Crippen molar-refractivity contribution in [3.8, 4) is 11.8 Å². The average molecular weight is 267 g/mol. The zero-order valence-electron chi connectivity index (χ0n) is 11.2. The summed E-state index contributed by atoms with van der Waals surface area (Å²) in [7, 11) is 0. The van der Waals surface area contributed by atoms with Crippen molar-refractivity contribution < 1.29 is 0 Å². The van der Waals surface area contributed by atoms with Crippen molar-refractivity contribution in [2.45, 2.75) is 12.6 Å². The summed E-state index contributed by atoms with van der Waals surface area (Å²) >= 11 is 0. The smallest absolute Gasteiger partial charge is 0.111 e. The fourth-order valence-electron chi connectivity index (χ4n) is 2.44. The lowest BCUT2D eigenvalue weighted by molar-refractivity contribution is 0.187. The molecule has 0 aliphatic carbocycles. The summed E-state index contributed by atoms with van der Waals surface area (Å²) in [5, 5.41) is 17.0. The summed E-state index contributed by atoms with van der Waals surface area (Å²) in [6, 6.07) is 14.3. The van der Waals surface area contributed by atoms with Crippen LogP contribution in [0.5, 0.6) is 0 Å². The second-order valence-corrected chi connectivity index (χ2v) is 4.91. The molecule has 5 heteroatoms. The van der Waals surface area contributed by atoms with Crippen molar-refractivity contribution in [2.24, 2.45) is 0 Å². The third-order valence-electron chi connectivity index (χ3n) is 3.53. The Bertz CT molecular complexity index is 598. The first-order valence-electron chi connectivity index (χ1n) is 6.81. The van der Waals surface area contributed by atoms with Gasteiger partial charge in [-0.15, -0.1) is 0 Å². The highest BCUT2D eigenvalue weighted by atomic mass is 15.3. The van der Waals surface area contributed by atoms with Crippen molar-refractivity contribution >= 4 is 0 Å². The predicted octanol–water partition coefficient (Wildman–Crippen LogP) is 1.17. The van der Waals surface area contributed by atoms with E-state index in [4.69, 9.17) is 5.26 Å². The van der Waals surface area contributed by atoms with Crippen LogP contribution in [-0.2, 0) is 6.54 Å². The van der Waals surface area contributed by atoms with Gasteiger partial charge in [-0.25, -0.2) is 4.68 Å². The van der Waals surface area contributed by atoms with Gasteiger partial charge in [0.05, 0.1) is 17.5 Å². The Balaban J connectivity index is 1.73. The number of benzene rings is 1. The van der Waals surface area contributed by atoms with Gasteiger partial charge in [0.2, 0.25) is 0 Å². The van der Waals surface area contributed by atoms with E-state index in [1.54, 1.807) is 0 Å². The van der Waals surface area contributed by atoms with Crippen LogP contribution in [-0.4, -0.2) is 40.4 Å². The molecule has 1 aliphatic heterocycles. The SMILES string of the molecule is N#CC1CNCCN1Cc1ccn(-c2ccccc2)n1. The van der Waals surface area contributed by atoms with Crippen LogP contribution < -0.4 is 5.32 Å². The van der Waals surface area contributed by atoms with E-state index in [1.807, 2.05) is 47.3 Å². The Kier molecular flexibility index (Phi) is 3.77. The van der Waals surface area contributed by atoms with Crippen LogP contribution in [0.25, 0.3) is 5.69 Å². The van der Waals surface area contributed by atoms with Gasteiger partial charge in [-0.3, -0.25) is 4.90 Å². The van der Waals surface area contributed by atoms with E-state index < -0.39 is 0 Å². The summed E-state index contributed by atoms with van der Waals surface area (Å²) in [4.78, 5) is 2.17. The fraction of sp³-hybridized carbons (Fsp3) is 0.333. The van der Waals surface area contributed by atoms with Crippen LogP contribution in [0, 0.1) is 11.3 Å². The fourth-order valence-corrected chi connectivity index (χ4v) is 2.44. The van der Waals surface area contributed by atoms with E-state index in [2.05, 4.69) is 21.4 Å². The Hall–Kier alpha value is -2.16. The molecule has 20 heavy (non-hydrogen) atoms. The van der Waals surface area contributed by atoms with E-state index in [0.29, 0.717) is 0 Å². The minimum atomic E-state index is -0.0642. The average Bonchev–Trinajstić information content (AvgIpc) is 2.97. The quantitative estimate of drug-likeness (QED) is 0.907. The Morgan fingerprint density at radius 2 is 2.15 bits per heavy atom. The largest absolute Gasteiger partial charge is 0.313 e. The number of nitriles is 1. The maximum absolute atomic E-state index is 9.17. The van der Waals surface area contributed by atoms with E-state index in [0.717, 1.165) is 37.6 Å². The van der Waals surface area contributed by atoms with Crippen molar-refractivity contribution in [1.29, 1.82) is 5.26 Å². The lowest BCUT2D eigenvalue weighted by atomic mass is 10.2. The molecule has 1 saturated heterocycles. The lowest BCUT2D eigenvalue weighted by Gasteiger charge is -2.31. The number of hydrogen-bond donors (Lipinski definition) is 1. The van der Waals surface area contributed by atoms with Gasteiger partial charge in [0, 0.05) is 32.4 Å². The molecule has 0 radical (unpaired) electrons. The van der Waals surface area contributed by atoms with E-state index in [9.17, 15) is 0 Å². The summed E-state index contributed by atoms with van der Waals surface area (Å²) in [6.07, 6.45) is 1.97. The minimum absolute atomic E-state index is 0.0642. The number of nitrogens with zero attached hydrogens (tertiary/aromatic N) is 4. The highest BCUT2D eigenvalue weighted by Gasteiger charge is 2.22. The first-order valence-corrected chi connectivity index (χ1v) is 6.81. The van der Waals surface area contributed by atoms with Gasteiger partial charge in [0.15, 0.2) is 0 Å². The molecule has 102 valence electrons. The molecule has 0 amide bonds. The van der Waals surface area contributed by atoms with Crippen LogP contribution in [0.1, 0.15) is 5.69 Å². The maximum Gasteiger partial charge on any atom is 0.111 e. The van der Waals surface area contributed by atoms with Gasteiger partial charge in [-0.1, -0.05) is 18.2 Å². The molecule has 0 bridgehead atoms. The van der Waals surface area contributed by atoms with Gasteiger partial charge in [0.1, 0.15) is 6.04 Å². The van der Waals surface area contributed by atoms with Gasteiger partial charge in [0.25, 0.3) is 0 Å².